The van der Waals surface area contributed by atoms with E-state index in [2.05, 4.69) is 32.2 Å². The van der Waals surface area contributed by atoms with Gasteiger partial charge in [-0.15, -0.1) is 10.2 Å². The van der Waals surface area contributed by atoms with E-state index in [1.807, 2.05) is 23.7 Å². The second-order valence-corrected chi connectivity index (χ2v) is 6.40. The van der Waals surface area contributed by atoms with Crippen molar-refractivity contribution < 1.29 is 9.15 Å². The summed E-state index contributed by atoms with van der Waals surface area (Å²) in [4.78, 5) is 6.51. The zero-order valence-corrected chi connectivity index (χ0v) is 14.4. The van der Waals surface area contributed by atoms with Crippen LogP contribution in [-0.2, 0) is 13.6 Å². The van der Waals surface area contributed by atoms with Gasteiger partial charge in [0.05, 0.1) is 25.6 Å². The Kier molecular flexibility index (Phi) is 4.23. The predicted octanol–water partition coefficient (Wildman–Crippen LogP) is 2.47. The lowest BCUT2D eigenvalue weighted by Crippen LogP contribution is -2.19. The molecule has 1 atom stereocenters. The molecule has 25 heavy (non-hydrogen) atoms. The van der Waals surface area contributed by atoms with E-state index in [4.69, 9.17) is 9.15 Å². The number of nitrogens with zero attached hydrogens (tertiary/aromatic N) is 5. The van der Waals surface area contributed by atoms with Gasteiger partial charge in [-0.25, -0.2) is 4.98 Å². The van der Waals surface area contributed by atoms with Crippen LogP contribution in [0, 0.1) is 0 Å². The molecule has 0 unspecified atom stereocenters. The van der Waals surface area contributed by atoms with Crippen molar-refractivity contribution >= 4 is 0 Å². The van der Waals surface area contributed by atoms with Gasteiger partial charge >= 0.3 is 0 Å². The molecular weight excluding hydrogens is 318 g/mol. The van der Waals surface area contributed by atoms with E-state index in [0.717, 1.165) is 37.5 Å². The van der Waals surface area contributed by atoms with Crippen LogP contribution in [-0.4, -0.2) is 44.8 Å². The fourth-order valence-corrected chi connectivity index (χ4v) is 3.23. The van der Waals surface area contributed by atoms with E-state index in [-0.39, 0.29) is 5.92 Å². The van der Waals surface area contributed by atoms with Crippen LogP contribution in [0.2, 0.25) is 0 Å². The minimum Gasteiger partial charge on any atom is -0.497 e. The molecule has 0 N–H and O–H groups in total. The molecule has 0 amide bonds. The summed E-state index contributed by atoms with van der Waals surface area (Å²) in [7, 11) is 3.60. The topological polar surface area (TPSA) is 69.2 Å². The molecule has 7 nitrogen and oxygen atoms in total. The molecule has 3 aromatic rings. The molecule has 2 aromatic heterocycles. The number of aromatic nitrogens is 4. The second kappa shape index (κ2) is 6.68. The van der Waals surface area contributed by atoms with Crippen molar-refractivity contribution in [3.63, 3.8) is 0 Å². The number of rotatable bonds is 5. The first-order valence-corrected chi connectivity index (χ1v) is 8.38. The lowest BCUT2D eigenvalue weighted by molar-refractivity contribution is 0.320. The van der Waals surface area contributed by atoms with E-state index in [0.29, 0.717) is 11.8 Å². The van der Waals surface area contributed by atoms with Gasteiger partial charge in [-0.3, -0.25) is 4.90 Å². The normalized spacial score (nSPS) is 17.9. The Bertz CT molecular complexity index is 839. The minimum atomic E-state index is 0.285. The van der Waals surface area contributed by atoms with Crippen LogP contribution in [0.3, 0.4) is 0 Å². The minimum absolute atomic E-state index is 0.285. The summed E-state index contributed by atoms with van der Waals surface area (Å²) in [6.07, 6.45) is 4.50. The van der Waals surface area contributed by atoms with Crippen LogP contribution < -0.4 is 4.74 Å². The maximum absolute atomic E-state index is 5.90. The van der Waals surface area contributed by atoms with Gasteiger partial charge in [0.25, 0.3) is 5.89 Å². The highest BCUT2D eigenvalue weighted by Gasteiger charge is 2.28. The van der Waals surface area contributed by atoms with Gasteiger partial charge in [-0.05, 0) is 30.7 Å². The van der Waals surface area contributed by atoms with Crippen LogP contribution in [0.1, 0.15) is 23.8 Å². The molecule has 130 valence electrons. The fraction of sp³-hybridized carbons (Fsp3) is 0.389. The third-order valence-corrected chi connectivity index (χ3v) is 4.66. The predicted molar refractivity (Wildman–Crippen MR) is 92.1 cm³/mol. The van der Waals surface area contributed by atoms with Crippen LogP contribution in [0.15, 0.2) is 41.2 Å². The summed E-state index contributed by atoms with van der Waals surface area (Å²) >= 11 is 0. The highest BCUT2D eigenvalue weighted by atomic mass is 16.5. The summed E-state index contributed by atoms with van der Waals surface area (Å²) in [6, 6.07) is 8.22. The van der Waals surface area contributed by atoms with Gasteiger partial charge in [-0.2, -0.15) is 0 Å². The Morgan fingerprint density at radius 1 is 1.24 bits per heavy atom. The molecule has 3 heterocycles. The van der Waals surface area contributed by atoms with Crippen molar-refractivity contribution in [3.8, 4) is 17.3 Å². The highest BCUT2D eigenvalue weighted by Crippen LogP contribution is 2.29. The number of ether oxygens (including phenoxy) is 1. The Morgan fingerprint density at radius 3 is 2.80 bits per heavy atom. The van der Waals surface area contributed by atoms with Crippen molar-refractivity contribution in [2.75, 3.05) is 20.2 Å². The van der Waals surface area contributed by atoms with Crippen molar-refractivity contribution in [1.29, 1.82) is 0 Å². The number of benzene rings is 1. The standard InChI is InChI=1S/C18H21N5O2/c1-22-12-19-9-16(22)18-21-20-17(25-18)14-7-8-23(11-14)10-13-3-5-15(24-2)6-4-13/h3-6,9,12,14H,7-8,10-11H2,1-2H3/t14-/m0/s1. The van der Waals surface area contributed by atoms with E-state index >= 15 is 0 Å². The van der Waals surface area contributed by atoms with Crippen molar-refractivity contribution in [3.05, 3.63) is 48.2 Å². The number of imidazole rings is 1. The third kappa shape index (κ3) is 3.28. The molecule has 1 fully saturated rings. The monoisotopic (exact) mass is 339 g/mol. The molecule has 0 spiro atoms. The average molecular weight is 339 g/mol. The highest BCUT2D eigenvalue weighted by molar-refractivity contribution is 5.44. The molecular formula is C18H21N5O2. The van der Waals surface area contributed by atoms with Gasteiger partial charge in [0.2, 0.25) is 5.89 Å². The third-order valence-electron chi connectivity index (χ3n) is 4.66. The molecule has 0 radical (unpaired) electrons. The first kappa shape index (κ1) is 15.8. The largest absolute Gasteiger partial charge is 0.497 e. The van der Waals surface area contributed by atoms with Gasteiger partial charge < -0.3 is 13.7 Å². The molecule has 1 aromatic carbocycles. The molecule has 1 aliphatic heterocycles. The van der Waals surface area contributed by atoms with E-state index in [9.17, 15) is 0 Å². The molecule has 0 aliphatic carbocycles. The summed E-state index contributed by atoms with van der Waals surface area (Å²) in [5, 5.41) is 8.44. The Morgan fingerprint density at radius 2 is 2.08 bits per heavy atom. The number of hydrogen-bond acceptors (Lipinski definition) is 6. The van der Waals surface area contributed by atoms with Crippen LogP contribution in [0.25, 0.3) is 11.6 Å². The maximum atomic E-state index is 5.90. The Labute approximate surface area is 146 Å². The number of aryl methyl sites for hydroxylation is 1. The van der Waals surface area contributed by atoms with Gasteiger partial charge in [-0.1, -0.05) is 12.1 Å². The maximum Gasteiger partial charge on any atom is 0.265 e. The summed E-state index contributed by atoms with van der Waals surface area (Å²) in [5.74, 6) is 2.42. The summed E-state index contributed by atoms with van der Waals surface area (Å²) in [6.45, 7) is 2.88. The average Bonchev–Trinajstić information content (AvgIpc) is 3.35. The molecule has 0 bridgehead atoms. The quantitative estimate of drug-likeness (QED) is 0.711. The second-order valence-electron chi connectivity index (χ2n) is 6.40. The summed E-state index contributed by atoms with van der Waals surface area (Å²) < 4.78 is 13.0. The first-order chi connectivity index (χ1) is 12.2. The van der Waals surface area contributed by atoms with E-state index < -0.39 is 0 Å². The molecule has 1 aliphatic rings. The number of methoxy groups -OCH3 is 1. The molecule has 4 rings (SSSR count). The van der Waals surface area contributed by atoms with E-state index in [1.165, 1.54) is 5.56 Å². The summed E-state index contributed by atoms with van der Waals surface area (Å²) in [5.41, 5.74) is 2.12. The lowest BCUT2D eigenvalue weighted by Gasteiger charge is -2.15. The van der Waals surface area contributed by atoms with Crippen LogP contribution >= 0.6 is 0 Å². The number of likely N-dealkylation sites (tertiary alicyclic amines) is 1. The van der Waals surface area contributed by atoms with Crippen LogP contribution in [0.5, 0.6) is 5.75 Å². The lowest BCUT2D eigenvalue weighted by atomic mass is 10.1. The molecule has 0 saturated carbocycles. The zero-order chi connectivity index (χ0) is 17.2. The van der Waals surface area contributed by atoms with Crippen molar-refractivity contribution in [2.45, 2.75) is 18.9 Å². The van der Waals surface area contributed by atoms with Crippen molar-refractivity contribution in [1.82, 2.24) is 24.6 Å². The van der Waals surface area contributed by atoms with Crippen molar-refractivity contribution in [2.24, 2.45) is 7.05 Å². The zero-order valence-electron chi connectivity index (χ0n) is 14.4. The Hall–Kier alpha value is -2.67. The molecule has 7 heteroatoms. The number of hydrogen-bond donors (Lipinski definition) is 0. The van der Waals surface area contributed by atoms with E-state index in [1.54, 1.807) is 19.6 Å². The molecule has 1 saturated heterocycles. The van der Waals surface area contributed by atoms with Gasteiger partial charge in [0.15, 0.2) is 0 Å². The van der Waals surface area contributed by atoms with Gasteiger partial charge in [0, 0.05) is 20.1 Å². The first-order valence-electron chi connectivity index (χ1n) is 8.38. The smallest absolute Gasteiger partial charge is 0.265 e. The Balaban J connectivity index is 1.40. The SMILES string of the molecule is COc1ccc(CN2CC[C@H](c3nnc(-c4cncn4C)o3)C2)cc1. The van der Waals surface area contributed by atoms with Gasteiger partial charge in [0.1, 0.15) is 11.4 Å². The van der Waals surface area contributed by atoms with Crippen LogP contribution in [0.4, 0.5) is 0 Å². The fourth-order valence-electron chi connectivity index (χ4n) is 3.23.